The van der Waals surface area contributed by atoms with Gasteiger partial charge in [-0.25, -0.2) is 0 Å². The van der Waals surface area contributed by atoms with Crippen molar-refractivity contribution in [3.63, 3.8) is 0 Å². The average molecular weight is 340 g/mol. The molecule has 0 saturated carbocycles. The number of benzene rings is 1. The Morgan fingerprint density at radius 1 is 1.26 bits per heavy atom. The second-order valence-corrected chi connectivity index (χ2v) is 5.80. The van der Waals surface area contributed by atoms with E-state index in [4.69, 9.17) is 0 Å². The first-order valence-electron chi connectivity index (χ1n) is 8.04. The van der Waals surface area contributed by atoms with Crippen LogP contribution in [0.3, 0.4) is 0 Å². The highest BCUT2D eigenvalue weighted by Gasteiger charge is 2.23. The summed E-state index contributed by atoms with van der Waals surface area (Å²) in [5.41, 5.74) is 1.05. The molecular weight excluding hydrogens is 314 g/mol. The van der Waals surface area contributed by atoms with Gasteiger partial charge >= 0.3 is 0 Å². The number of hydrogen-bond donors (Lipinski definition) is 3. The molecule has 128 valence electrons. The maximum absolute atomic E-state index is 12.4. The summed E-state index contributed by atoms with van der Waals surface area (Å²) in [4.78, 5) is 24.3. The van der Waals surface area contributed by atoms with E-state index in [0.29, 0.717) is 17.7 Å². The van der Waals surface area contributed by atoms with Crippen molar-refractivity contribution in [3.8, 4) is 0 Å². The first-order valence-corrected chi connectivity index (χ1v) is 8.04. The summed E-state index contributed by atoms with van der Waals surface area (Å²) in [5.74, 6) is -0.255. The molecular formula is C17H26ClN3O2. The van der Waals surface area contributed by atoms with Crippen LogP contribution in [-0.4, -0.2) is 37.0 Å². The van der Waals surface area contributed by atoms with E-state index in [-0.39, 0.29) is 36.3 Å². The fraction of sp³-hybridized carbons (Fsp3) is 0.529. The molecule has 0 bridgehead atoms. The van der Waals surface area contributed by atoms with E-state index in [9.17, 15) is 9.59 Å². The molecule has 6 heteroatoms. The molecule has 1 aromatic rings. The summed E-state index contributed by atoms with van der Waals surface area (Å²) in [5, 5.41) is 9.25. The Bertz CT molecular complexity index is 536. The maximum Gasteiger partial charge on any atom is 0.251 e. The van der Waals surface area contributed by atoms with E-state index < -0.39 is 0 Å². The summed E-state index contributed by atoms with van der Waals surface area (Å²) in [6, 6.07) is 7.28. The van der Waals surface area contributed by atoms with Crippen LogP contribution in [0.1, 0.15) is 53.8 Å². The van der Waals surface area contributed by atoms with Gasteiger partial charge in [0.1, 0.15) is 0 Å². The number of halogens is 1. The molecule has 5 nitrogen and oxygen atoms in total. The van der Waals surface area contributed by atoms with Gasteiger partial charge in [-0.2, -0.15) is 0 Å². The summed E-state index contributed by atoms with van der Waals surface area (Å²) in [6.45, 7) is 5.73. The molecule has 0 spiro atoms. The van der Waals surface area contributed by atoms with Gasteiger partial charge in [0.05, 0.1) is 0 Å². The van der Waals surface area contributed by atoms with Gasteiger partial charge in [0, 0.05) is 29.8 Å². The summed E-state index contributed by atoms with van der Waals surface area (Å²) in [7, 11) is 0. The number of piperidine rings is 1. The van der Waals surface area contributed by atoms with E-state index in [2.05, 4.69) is 22.9 Å². The Kier molecular flexibility index (Phi) is 8.06. The molecule has 0 radical (unpaired) electrons. The molecule has 1 aliphatic rings. The lowest BCUT2D eigenvalue weighted by molar-refractivity contribution is 0.0920. The predicted molar refractivity (Wildman–Crippen MR) is 94.3 cm³/mol. The molecule has 2 unspecified atom stereocenters. The lowest BCUT2D eigenvalue weighted by atomic mass is 9.99. The lowest BCUT2D eigenvalue weighted by Crippen LogP contribution is -2.51. The number of carbonyl (C=O) groups excluding carboxylic acids is 2. The van der Waals surface area contributed by atoms with Gasteiger partial charge in [-0.05, 0) is 50.9 Å². The van der Waals surface area contributed by atoms with Crippen LogP contribution in [0.4, 0.5) is 0 Å². The van der Waals surface area contributed by atoms with Crippen molar-refractivity contribution >= 4 is 24.2 Å². The van der Waals surface area contributed by atoms with Crippen LogP contribution in [0.5, 0.6) is 0 Å². The van der Waals surface area contributed by atoms with Crippen molar-refractivity contribution in [2.45, 2.75) is 45.2 Å². The minimum atomic E-state index is -0.135. The van der Waals surface area contributed by atoms with Gasteiger partial charge in [-0.1, -0.05) is 13.0 Å². The Labute approximate surface area is 144 Å². The topological polar surface area (TPSA) is 70.2 Å². The highest BCUT2D eigenvalue weighted by atomic mass is 35.5. The van der Waals surface area contributed by atoms with Crippen molar-refractivity contribution in [1.82, 2.24) is 16.0 Å². The van der Waals surface area contributed by atoms with Gasteiger partial charge in [0.25, 0.3) is 11.8 Å². The lowest BCUT2D eigenvalue weighted by Gasteiger charge is -2.30. The van der Waals surface area contributed by atoms with Gasteiger partial charge in [0.15, 0.2) is 0 Å². The van der Waals surface area contributed by atoms with Crippen LogP contribution in [0, 0.1) is 0 Å². The van der Waals surface area contributed by atoms with Crippen molar-refractivity contribution < 1.29 is 9.59 Å². The van der Waals surface area contributed by atoms with E-state index in [0.717, 1.165) is 25.8 Å². The first-order chi connectivity index (χ1) is 10.6. The van der Waals surface area contributed by atoms with Crippen molar-refractivity contribution in [2.24, 2.45) is 0 Å². The maximum atomic E-state index is 12.4. The summed E-state index contributed by atoms with van der Waals surface area (Å²) >= 11 is 0. The predicted octanol–water partition coefficient (Wildman–Crippen LogP) is 2.12. The highest BCUT2D eigenvalue weighted by Crippen LogP contribution is 2.11. The zero-order valence-corrected chi connectivity index (χ0v) is 14.5. The van der Waals surface area contributed by atoms with Gasteiger partial charge in [-0.3, -0.25) is 9.59 Å². The molecule has 2 rings (SSSR count). The third-order valence-electron chi connectivity index (χ3n) is 4.00. The van der Waals surface area contributed by atoms with E-state index in [1.165, 1.54) is 0 Å². The summed E-state index contributed by atoms with van der Waals surface area (Å²) < 4.78 is 0. The minimum absolute atomic E-state index is 0. The molecule has 2 atom stereocenters. The Morgan fingerprint density at radius 2 is 1.96 bits per heavy atom. The Morgan fingerprint density at radius 3 is 2.61 bits per heavy atom. The number of hydrogen-bond acceptors (Lipinski definition) is 3. The van der Waals surface area contributed by atoms with Crippen LogP contribution in [-0.2, 0) is 0 Å². The molecule has 1 saturated heterocycles. The quantitative estimate of drug-likeness (QED) is 0.769. The van der Waals surface area contributed by atoms with E-state index in [1.807, 2.05) is 6.92 Å². The Hall–Kier alpha value is -1.59. The van der Waals surface area contributed by atoms with Crippen molar-refractivity contribution in [1.29, 1.82) is 0 Å². The molecule has 0 aliphatic carbocycles. The van der Waals surface area contributed by atoms with Crippen LogP contribution >= 0.6 is 12.4 Å². The van der Waals surface area contributed by atoms with Gasteiger partial charge in [-0.15, -0.1) is 12.4 Å². The zero-order chi connectivity index (χ0) is 15.9. The van der Waals surface area contributed by atoms with Crippen LogP contribution < -0.4 is 16.0 Å². The van der Waals surface area contributed by atoms with Gasteiger partial charge in [0.2, 0.25) is 0 Å². The molecule has 2 amide bonds. The normalized spacial score (nSPS) is 20.3. The van der Waals surface area contributed by atoms with E-state index >= 15 is 0 Å². The van der Waals surface area contributed by atoms with E-state index in [1.54, 1.807) is 24.3 Å². The third kappa shape index (κ3) is 5.52. The van der Waals surface area contributed by atoms with Crippen LogP contribution in [0.25, 0.3) is 0 Å². The zero-order valence-electron chi connectivity index (χ0n) is 13.7. The monoisotopic (exact) mass is 339 g/mol. The average Bonchev–Trinajstić information content (AvgIpc) is 2.54. The standard InChI is InChI=1S/C17H25N3O2.ClH/c1-3-9-19-16(21)13-6-4-7-14(11-13)17(22)20-15-8-5-10-18-12(15)2;/h4,6-7,11-12,15,18H,3,5,8-10H2,1-2H3,(H,19,21)(H,20,22);1H. The summed E-state index contributed by atoms with van der Waals surface area (Å²) in [6.07, 6.45) is 2.93. The molecule has 3 N–H and O–H groups in total. The second kappa shape index (κ2) is 9.53. The molecule has 1 aliphatic heterocycles. The van der Waals surface area contributed by atoms with Gasteiger partial charge < -0.3 is 16.0 Å². The third-order valence-corrected chi connectivity index (χ3v) is 4.00. The molecule has 23 heavy (non-hydrogen) atoms. The Balaban J connectivity index is 0.00000264. The van der Waals surface area contributed by atoms with Crippen LogP contribution in [0.2, 0.25) is 0 Å². The number of rotatable bonds is 5. The van der Waals surface area contributed by atoms with Crippen molar-refractivity contribution in [2.75, 3.05) is 13.1 Å². The number of amides is 2. The second-order valence-electron chi connectivity index (χ2n) is 5.80. The SMILES string of the molecule is CCCNC(=O)c1cccc(C(=O)NC2CCCNC2C)c1.Cl. The minimum Gasteiger partial charge on any atom is -0.352 e. The molecule has 1 heterocycles. The molecule has 1 fully saturated rings. The fourth-order valence-electron chi connectivity index (χ4n) is 2.64. The largest absolute Gasteiger partial charge is 0.352 e. The fourth-order valence-corrected chi connectivity index (χ4v) is 2.64. The number of carbonyl (C=O) groups is 2. The van der Waals surface area contributed by atoms with Crippen molar-refractivity contribution in [3.05, 3.63) is 35.4 Å². The van der Waals surface area contributed by atoms with Crippen LogP contribution in [0.15, 0.2) is 24.3 Å². The number of nitrogens with one attached hydrogen (secondary N) is 3. The molecule has 1 aromatic carbocycles. The molecule has 0 aromatic heterocycles. The highest BCUT2D eigenvalue weighted by molar-refractivity contribution is 5.99. The smallest absolute Gasteiger partial charge is 0.251 e. The first kappa shape index (κ1) is 19.5.